The molecule has 0 bridgehead atoms. The molecule has 2 unspecified atom stereocenters. The van der Waals surface area contributed by atoms with E-state index < -0.39 is 18.1 Å². The number of pyridine rings is 1. The monoisotopic (exact) mass is 581 g/mol. The number of benzene rings is 1. The van der Waals surface area contributed by atoms with Gasteiger partial charge in [-0.1, -0.05) is 23.2 Å². The van der Waals surface area contributed by atoms with Crippen LogP contribution in [0.25, 0.3) is 0 Å². The van der Waals surface area contributed by atoms with Crippen molar-refractivity contribution in [3.63, 3.8) is 0 Å². The Morgan fingerprint density at radius 2 is 1.85 bits per heavy atom. The van der Waals surface area contributed by atoms with Gasteiger partial charge >= 0.3 is 0 Å². The van der Waals surface area contributed by atoms with Crippen molar-refractivity contribution in [1.82, 2.24) is 15.2 Å². The molecular weight excluding hydrogens is 548 g/mol. The van der Waals surface area contributed by atoms with Crippen LogP contribution < -0.4 is 20.3 Å². The van der Waals surface area contributed by atoms with E-state index in [1.807, 2.05) is 6.92 Å². The van der Waals surface area contributed by atoms with Crippen LogP contribution in [0.1, 0.15) is 66.7 Å². The second-order valence-corrected chi connectivity index (χ2v) is 11.8. The predicted molar refractivity (Wildman–Crippen MR) is 147 cm³/mol. The average molecular weight is 583 g/mol. The molecular formula is C28H34Cl2FN3O5. The third-order valence-electron chi connectivity index (χ3n) is 8.15. The van der Waals surface area contributed by atoms with Gasteiger partial charge in [0.05, 0.1) is 28.3 Å². The van der Waals surface area contributed by atoms with Crippen molar-refractivity contribution in [3.8, 4) is 11.5 Å². The molecule has 1 aliphatic carbocycles. The first kappa shape index (κ1) is 28.2. The van der Waals surface area contributed by atoms with E-state index in [1.54, 1.807) is 26.0 Å². The largest absolute Gasteiger partial charge is 0.448 e. The summed E-state index contributed by atoms with van der Waals surface area (Å²) in [5.41, 5.74) is 1.53. The molecule has 1 aromatic heterocycles. The number of nitrogens with one attached hydrogen (secondary N) is 2. The van der Waals surface area contributed by atoms with E-state index in [4.69, 9.17) is 37.4 Å². The number of aromatic amines is 1. The van der Waals surface area contributed by atoms with Crippen LogP contribution in [0.2, 0.25) is 10.0 Å². The molecule has 1 aromatic carbocycles. The van der Waals surface area contributed by atoms with E-state index in [9.17, 15) is 14.0 Å². The summed E-state index contributed by atoms with van der Waals surface area (Å²) in [5.74, 6) is -0.250. The molecule has 2 fully saturated rings. The SMILES string of the molecule is Cc1cc(Cl)c(CNC(=O)c2cc(Cl)c3c(c2C)OC(C)(C2CCC(N4CC(OC(C)F)C4)CC2)O3)c(=O)[nH]1. The zero-order valence-corrected chi connectivity index (χ0v) is 24.0. The quantitative estimate of drug-likeness (QED) is 0.461. The molecule has 5 rings (SSSR count). The number of alkyl halides is 1. The van der Waals surface area contributed by atoms with Crippen molar-refractivity contribution in [2.24, 2.45) is 5.92 Å². The molecule has 39 heavy (non-hydrogen) atoms. The lowest BCUT2D eigenvalue weighted by atomic mass is 9.80. The summed E-state index contributed by atoms with van der Waals surface area (Å²) >= 11 is 12.8. The molecule has 11 heteroatoms. The van der Waals surface area contributed by atoms with Crippen molar-refractivity contribution in [1.29, 1.82) is 0 Å². The van der Waals surface area contributed by atoms with E-state index in [-0.39, 0.29) is 34.7 Å². The minimum absolute atomic E-state index is 0.0256. The molecule has 2 aromatic rings. The first-order chi connectivity index (χ1) is 18.4. The van der Waals surface area contributed by atoms with Crippen LogP contribution in [-0.4, -0.2) is 53.2 Å². The molecule has 0 radical (unpaired) electrons. The van der Waals surface area contributed by atoms with Gasteiger partial charge in [0.1, 0.15) is 0 Å². The van der Waals surface area contributed by atoms with Crippen molar-refractivity contribution >= 4 is 29.1 Å². The Hall–Kier alpha value is -2.33. The fourth-order valence-corrected chi connectivity index (χ4v) is 6.49. The van der Waals surface area contributed by atoms with Crippen LogP contribution in [-0.2, 0) is 11.3 Å². The van der Waals surface area contributed by atoms with Gasteiger partial charge in [0.2, 0.25) is 0 Å². The number of carbonyl (C=O) groups excluding carboxylic acids is 1. The van der Waals surface area contributed by atoms with E-state index >= 15 is 0 Å². The maximum Gasteiger partial charge on any atom is 0.254 e. The lowest BCUT2D eigenvalue weighted by molar-refractivity contribution is -0.152. The summed E-state index contributed by atoms with van der Waals surface area (Å²) < 4.78 is 31.1. The predicted octanol–water partition coefficient (Wildman–Crippen LogP) is 5.29. The standard InChI is InChI=1S/C28H34Cl2FN3O5/c1-14-9-22(29)21(27(36)33-14)11-32-26(35)20-10-23(30)25-24(15(20)2)38-28(4,39-25)17-5-7-18(8-6-17)34-12-19(13-34)37-16(3)31/h9-10,16-19H,5-8,11-13H2,1-4H3,(H,32,35)(H,33,36). The van der Waals surface area contributed by atoms with E-state index in [2.05, 4.69) is 15.2 Å². The number of hydrogen-bond donors (Lipinski definition) is 2. The number of rotatable bonds is 7. The zero-order valence-electron chi connectivity index (χ0n) is 22.5. The molecule has 1 saturated heterocycles. The molecule has 2 atom stereocenters. The number of H-pyrrole nitrogens is 1. The molecule has 212 valence electrons. The fourth-order valence-electron chi connectivity index (χ4n) is 5.94. The maximum absolute atomic E-state index is 13.1. The van der Waals surface area contributed by atoms with Crippen molar-refractivity contribution in [2.75, 3.05) is 13.1 Å². The molecule has 0 spiro atoms. The third kappa shape index (κ3) is 5.64. The molecule has 1 saturated carbocycles. The topological polar surface area (TPSA) is 92.9 Å². The number of amides is 1. The van der Waals surface area contributed by atoms with Crippen LogP contribution in [0.3, 0.4) is 0 Å². The number of fused-ring (bicyclic) bond motifs is 1. The Kier molecular flexibility index (Phi) is 7.90. The lowest BCUT2D eigenvalue weighted by Gasteiger charge is -2.47. The molecule has 2 N–H and O–H groups in total. The second kappa shape index (κ2) is 10.9. The van der Waals surface area contributed by atoms with Crippen LogP contribution in [0.5, 0.6) is 11.5 Å². The Morgan fingerprint density at radius 3 is 2.49 bits per heavy atom. The molecule has 8 nitrogen and oxygen atoms in total. The number of aryl methyl sites for hydroxylation is 1. The number of ether oxygens (including phenoxy) is 3. The van der Waals surface area contributed by atoms with Gasteiger partial charge in [-0.15, -0.1) is 0 Å². The van der Waals surface area contributed by atoms with Crippen molar-refractivity contribution in [3.05, 3.63) is 54.9 Å². The van der Waals surface area contributed by atoms with Crippen LogP contribution in [0, 0.1) is 19.8 Å². The Labute approximate surface area is 237 Å². The molecule has 3 aliphatic rings. The minimum Gasteiger partial charge on any atom is -0.448 e. The van der Waals surface area contributed by atoms with Crippen LogP contribution >= 0.6 is 23.2 Å². The Balaban J connectivity index is 1.23. The highest BCUT2D eigenvalue weighted by Crippen LogP contribution is 2.52. The minimum atomic E-state index is -1.23. The number of aromatic nitrogens is 1. The Morgan fingerprint density at radius 1 is 1.18 bits per heavy atom. The highest BCUT2D eigenvalue weighted by molar-refractivity contribution is 6.33. The molecule has 1 amide bonds. The number of likely N-dealkylation sites (tertiary alicyclic amines) is 1. The highest BCUT2D eigenvalue weighted by atomic mass is 35.5. The molecule has 3 heterocycles. The fraction of sp³-hybridized carbons (Fsp3) is 0.571. The van der Waals surface area contributed by atoms with Crippen molar-refractivity contribution < 1.29 is 23.4 Å². The maximum atomic E-state index is 13.1. The first-order valence-electron chi connectivity index (χ1n) is 13.4. The van der Waals surface area contributed by atoms with E-state index in [0.717, 1.165) is 38.8 Å². The summed E-state index contributed by atoms with van der Waals surface area (Å²) in [6, 6.07) is 3.65. The van der Waals surface area contributed by atoms with Gasteiger partial charge in [0.15, 0.2) is 17.9 Å². The summed E-state index contributed by atoms with van der Waals surface area (Å²) in [4.78, 5) is 30.4. The normalized spacial score (nSPS) is 25.8. The van der Waals surface area contributed by atoms with Crippen LogP contribution in [0.15, 0.2) is 16.9 Å². The number of hydrogen-bond acceptors (Lipinski definition) is 6. The van der Waals surface area contributed by atoms with Crippen LogP contribution in [0.4, 0.5) is 4.39 Å². The van der Waals surface area contributed by atoms with E-state index in [0.29, 0.717) is 39.4 Å². The number of halogens is 3. The Bertz CT molecular complexity index is 1320. The van der Waals surface area contributed by atoms with Gasteiger partial charge in [-0.25, -0.2) is 4.39 Å². The van der Waals surface area contributed by atoms with Gasteiger partial charge in [0.25, 0.3) is 17.3 Å². The van der Waals surface area contributed by atoms with Gasteiger partial charge in [-0.05, 0) is 58.6 Å². The first-order valence-corrected chi connectivity index (χ1v) is 14.1. The van der Waals surface area contributed by atoms with E-state index in [1.165, 1.54) is 6.92 Å². The number of carbonyl (C=O) groups is 1. The number of nitrogens with zero attached hydrogens (tertiary/aromatic N) is 1. The smallest absolute Gasteiger partial charge is 0.254 e. The molecule has 2 aliphatic heterocycles. The van der Waals surface area contributed by atoms with Gasteiger partial charge in [-0.2, -0.15) is 0 Å². The van der Waals surface area contributed by atoms with Crippen molar-refractivity contribution in [2.45, 2.75) is 84.2 Å². The summed E-state index contributed by atoms with van der Waals surface area (Å²) in [7, 11) is 0. The van der Waals surface area contributed by atoms with Gasteiger partial charge < -0.3 is 24.5 Å². The highest BCUT2D eigenvalue weighted by Gasteiger charge is 2.48. The summed E-state index contributed by atoms with van der Waals surface area (Å²) in [6.45, 7) is 8.38. The zero-order chi connectivity index (χ0) is 28.1. The third-order valence-corrected chi connectivity index (χ3v) is 8.76. The summed E-state index contributed by atoms with van der Waals surface area (Å²) in [5, 5.41) is 3.35. The lowest BCUT2D eigenvalue weighted by Crippen LogP contribution is -2.58. The van der Waals surface area contributed by atoms with Gasteiger partial charge in [0, 0.05) is 48.8 Å². The second-order valence-electron chi connectivity index (χ2n) is 11.0. The average Bonchev–Trinajstić information content (AvgIpc) is 3.22. The summed E-state index contributed by atoms with van der Waals surface area (Å²) in [6.07, 6.45) is 2.54. The van der Waals surface area contributed by atoms with Gasteiger partial charge in [-0.3, -0.25) is 14.5 Å².